The topological polar surface area (TPSA) is 49.7 Å². The van der Waals surface area contributed by atoms with E-state index in [0.717, 1.165) is 20.8 Å². The van der Waals surface area contributed by atoms with Crippen LogP contribution < -0.4 is 4.74 Å². The molecule has 0 fully saturated rings. The van der Waals surface area contributed by atoms with Gasteiger partial charge >= 0.3 is 0 Å². The number of halogens is 2. The highest BCUT2D eigenvalue weighted by atomic mass is 79.9. The van der Waals surface area contributed by atoms with E-state index < -0.39 is 11.5 Å². The Morgan fingerprint density at radius 1 is 1.19 bits per heavy atom. The minimum absolute atomic E-state index is 0.0865. The van der Waals surface area contributed by atoms with Crippen LogP contribution in [0.2, 0.25) is 0 Å². The summed E-state index contributed by atoms with van der Waals surface area (Å²) in [6.07, 6.45) is -0.207. The van der Waals surface area contributed by atoms with E-state index in [4.69, 9.17) is 4.74 Å². The van der Waals surface area contributed by atoms with Crippen LogP contribution in [0, 0.1) is 5.41 Å². The van der Waals surface area contributed by atoms with Crippen LogP contribution in [0.5, 0.6) is 5.75 Å². The van der Waals surface area contributed by atoms with Gasteiger partial charge in [0.2, 0.25) is 0 Å². The number of hydrogen-bond acceptors (Lipinski definition) is 3. The molecule has 5 heteroatoms. The molecule has 26 heavy (non-hydrogen) atoms. The zero-order valence-electron chi connectivity index (χ0n) is 16.0. The van der Waals surface area contributed by atoms with Crippen LogP contribution in [-0.4, -0.2) is 34.9 Å². The number of aliphatic hydroxyl groups excluding tert-OH is 2. The first-order valence-electron chi connectivity index (χ1n) is 8.77. The number of methoxy groups -OCH3 is 1. The molecule has 0 saturated heterocycles. The average molecular weight is 488 g/mol. The Bertz CT molecular complexity index is 768. The molecule has 3 unspecified atom stereocenters. The molecule has 0 aromatic heterocycles. The lowest BCUT2D eigenvalue weighted by Gasteiger charge is -2.43. The normalized spacial score (nSPS) is 17.0. The van der Waals surface area contributed by atoms with Crippen LogP contribution in [-0.2, 0) is 5.41 Å². The fourth-order valence-corrected chi connectivity index (χ4v) is 4.94. The van der Waals surface area contributed by atoms with E-state index in [9.17, 15) is 10.2 Å². The highest BCUT2D eigenvalue weighted by Gasteiger charge is 2.47. The molecule has 2 rings (SSSR count). The Balaban J connectivity index is 2.88. The summed E-state index contributed by atoms with van der Waals surface area (Å²) in [5, 5.41) is 23.9. The monoisotopic (exact) mass is 486 g/mol. The predicted octanol–water partition coefficient (Wildman–Crippen LogP) is 5.42. The minimum Gasteiger partial charge on any atom is -0.495 e. The van der Waals surface area contributed by atoms with Crippen molar-refractivity contribution in [3.63, 3.8) is 0 Å². The van der Waals surface area contributed by atoms with E-state index in [0.29, 0.717) is 12.2 Å². The molecule has 0 aliphatic carbocycles. The Morgan fingerprint density at radius 3 is 2.31 bits per heavy atom. The van der Waals surface area contributed by atoms with Gasteiger partial charge in [-0.05, 0) is 44.6 Å². The summed E-state index contributed by atoms with van der Waals surface area (Å²) in [6.45, 7) is 8.04. The molecule has 0 heterocycles. The Morgan fingerprint density at radius 2 is 1.81 bits per heavy atom. The third-order valence-electron chi connectivity index (χ3n) is 5.00. The van der Waals surface area contributed by atoms with Crippen molar-refractivity contribution in [3.05, 3.63) is 40.4 Å². The van der Waals surface area contributed by atoms with Crippen molar-refractivity contribution in [2.75, 3.05) is 13.7 Å². The van der Waals surface area contributed by atoms with Gasteiger partial charge in [-0.15, -0.1) is 0 Å². The van der Waals surface area contributed by atoms with Gasteiger partial charge in [0.05, 0.1) is 29.7 Å². The Labute approximate surface area is 173 Å². The maximum atomic E-state index is 11.3. The van der Waals surface area contributed by atoms with Crippen molar-refractivity contribution in [1.29, 1.82) is 0 Å². The van der Waals surface area contributed by atoms with Crippen LogP contribution in [0.3, 0.4) is 0 Å². The van der Waals surface area contributed by atoms with Gasteiger partial charge in [0.1, 0.15) is 5.75 Å². The van der Waals surface area contributed by atoms with E-state index in [2.05, 4.69) is 52.6 Å². The zero-order valence-corrected chi connectivity index (χ0v) is 19.2. The lowest BCUT2D eigenvalue weighted by molar-refractivity contribution is 0.0124. The Kier molecular flexibility index (Phi) is 6.81. The fraction of sp³-hybridized carbons (Fsp3) is 0.524. The zero-order chi connectivity index (χ0) is 19.7. The second-order valence-electron chi connectivity index (χ2n) is 8.08. The first-order chi connectivity index (χ1) is 12.1. The third-order valence-corrected chi connectivity index (χ3v) is 6.40. The van der Waals surface area contributed by atoms with Gasteiger partial charge in [0, 0.05) is 10.4 Å². The molecule has 144 valence electrons. The highest BCUT2D eigenvalue weighted by molar-refractivity contribution is 9.10. The van der Waals surface area contributed by atoms with Crippen LogP contribution in [0.4, 0.5) is 0 Å². The van der Waals surface area contributed by atoms with E-state index >= 15 is 0 Å². The molecular weight excluding hydrogens is 460 g/mol. The molecule has 2 aromatic rings. The van der Waals surface area contributed by atoms with Crippen molar-refractivity contribution < 1.29 is 14.9 Å². The standard InChI is InChI=1S/C21H28Br2O3/c1-13(22)21(12-24,17(25)11-20(2,3)4)18-15-9-7-6-8-14(15)10-16(23)19(18)26-5/h6-10,13,17,24-25H,11-12H2,1-5H3. The number of hydrogen-bond donors (Lipinski definition) is 2. The summed E-state index contributed by atoms with van der Waals surface area (Å²) >= 11 is 7.29. The van der Waals surface area contributed by atoms with Gasteiger partial charge in [0.25, 0.3) is 0 Å². The molecule has 2 N–H and O–H groups in total. The quantitative estimate of drug-likeness (QED) is 0.534. The third kappa shape index (κ3) is 3.96. The molecular formula is C21H28Br2O3. The molecule has 0 saturated carbocycles. The molecule has 0 bridgehead atoms. The highest BCUT2D eigenvalue weighted by Crippen LogP contribution is 2.49. The van der Waals surface area contributed by atoms with Gasteiger partial charge in [-0.3, -0.25) is 0 Å². The molecule has 3 nitrogen and oxygen atoms in total. The van der Waals surface area contributed by atoms with Crippen molar-refractivity contribution in [3.8, 4) is 5.75 Å². The van der Waals surface area contributed by atoms with Crippen molar-refractivity contribution in [1.82, 2.24) is 0 Å². The maximum Gasteiger partial charge on any atom is 0.137 e. The number of alkyl halides is 1. The molecule has 0 radical (unpaired) electrons. The number of ether oxygens (including phenoxy) is 1. The van der Waals surface area contributed by atoms with Crippen molar-refractivity contribution >= 4 is 42.6 Å². The van der Waals surface area contributed by atoms with Gasteiger partial charge in [-0.25, -0.2) is 0 Å². The largest absolute Gasteiger partial charge is 0.495 e. The fourth-order valence-electron chi connectivity index (χ4n) is 3.66. The van der Waals surface area contributed by atoms with Crippen LogP contribution >= 0.6 is 31.9 Å². The van der Waals surface area contributed by atoms with Gasteiger partial charge in [-0.2, -0.15) is 0 Å². The first-order valence-corrected chi connectivity index (χ1v) is 10.5. The SMILES string of the molecule is COc1c(Br)cc2ccccc2c1C(CO)(C(C)Br)C(O)CC(C)(C)C. The molecule has 2 aromatic carbocycles. The molecule has 0 aliphatic heterocycles. The number of fused-ring (bicyclic) bond motifs is 1. The maximum absolute atomic E-state index is 11.3. The van der Waals surface area contributed by atoms with Gasteiger partial charge in [-0.1, -0.05) is 67.9 Å². The summed E-state index contributed by atoms with van der Waals surface area (Å²) in [5.41, 5.74) is -0.174. The smallest absolute Gasteiger partial charge is 0.137 e. The first kappa shape index (κ1) is 21.7. The summed E-state index contributed by atoms with van der Waals surface area (Å²) in [6, 6.07) is 10.0. The number of rotatable bonds is 6. The summed E-state index contributed by atoms with van der Waals surface area (Å²) in [5.74, 6) is 0.650. The lowest BCUT2D eigenvalue weighted by atomic mass is 9.68. The second kappa shape index (κ2) is 8.17. The van der Waals surface area contributed by atoms with Crippen LogP contribution in [0.15, 0.2) is 34.8 Å². The molecule has 0 amide bonds. The summed E-state index contributed by atoms with van der Waals surface area (Å²) in [4.78, 5) is -0.177. The number of aliphatic hydroxyl groups is 2. The van der Waals surface area contributed by atoms with Crippen LogP contribution in [0.1, 0.15) is 39.7 Å². The minimum atomic E-state index is -0.915. The van der Waals surface area contributed by atoms with Crippen LogP contribution in [0.25, 0.3) is 10.8 Å². The predicted molar refractivity (Wildman–Crippen MR) is 115 cm³/mol. The van der Waals surface area contributed by atoms with Gasteiger partial charge in [0.15, 0.2) is 0 Å². The van der Waals surface area contributed by atoms with Crippen molar-refractivity contribution in [2.45, 2.75) is 50.5 Å². The van der Waals surface area contributed by atoms with E-state index in [1.54, 1.807) is 7.11 Å². The lowest BCUT2D eigenvalue weighted by Crippen LogP contribution is -2.50. The second-order valence-corrected chi connectivity index (χ2v) is 10.3. The van der Waals surface area contributed by atoms with Gasteiger partial charge < -0.3 is 14.9 Å². The average Bonchev–Trinajstić information content (AvgIpc) is 2.53. The molecule has 0 spiro atoms. The van der Waals surface area contributed by atoms with E-state index in [-0.39, 0.29) is 16.8 Å². The summed E-state index contributed by atoms with van der Waals surface area (Å²) in [7, 11) is 1.62. The summed E-state index contributed by atoms with van der Waals surface area (Å²) < 4.78 is 6.54. The van der Waals surface area contributed by atoms with E-state index in [1.165, 1.54) is 0 Å². The Hall–Kier alpha value is -0.620. The van der Waals surface area contributed by atoms with E-state index in [1.807, 2.05) is 37.3 Å². The van der Waals surface area contributed by atoms with Crippen molar-refractivity contribution in [2.24, 2.45) is 5.41 Å². The number of benzene rings is 2. The molecule has 3 atom stereocenters. The molecule has 0 aliphatic rings.